The van der Waals surface area contributed by atoms with Crippen molar-refractivity contribution in [1.29, 1.82) is 0 Å². The summed E-state index contributed by atoms with van der Waals surface area (Å²) in [5, 5.41) is 43.8. The van der Waals surface area contributed by atoms with Crippen LogP contribution in [0.15, 0.2) is 18.2 Å². The van der Waals surface area contributed by atoms with E-state index in [1.54, 1.807) is 21.0 Å². The number of ketones is 2. The van der Waals surface area contributed by atoms with Gasteiger partial charge in [0.15, 0.2) is 12.1 Å². The highest BCUT2D eigenvalue weighted by atomic mass is 16.7. The van der Waals surface area contributed by atoms with Gasteiger partial charge in [-0.2, -0.15) is 0 Å². The third kappa shape index (κ3) is 3.88. The number of hydrogen-bond acceptors (Lipinski definition) is 10. The van der Waals surface area contributed by atoms with Crippen molar-refractivity contribution in [2.24, 2.45) is 5.92 Å². The molecule has 2 aromatic rings. The third-order valence-electron chi connectivity index (χ3n) is 9.54. The number of phenolic OH excluding ortho intramolecular Hbond substituents is 3. The highest BCUT2D eigenvalue weighted by molar-refractivity contribution is 6.31. The van der Waals surface area contributed by atoms with Crippen LogP contribution in [0.25, 0.3) is 0 Å². The number of aromatic hydroxyl groups is 3. The van der Waals surface area contributed by atoms with Crippen LogP contribution in [0.2, 0.25) is 0 Å². The van der Waals surface area contributed by atoms with E-state index in [1.807, 2.05) is 20.8 Å². The maximum absolute atomic E-state index is 13.6. The van der Waals surface area contributed by atoms with Gasteiger partial charge in [0.2, 0.25) is 5.78 Å². The molecule has 0 radical (unpaired) electrons. The second-order valence-corrected chi connectivity index (χ2v) is 11.6. The summed E-state index contributed by atoms with van der Waals surface area (Å²) in [6, 6.07) is 3.71. The number of carbonyl (C=O) groups excluding carboxylic acids is 2. The van der Waals surface area contributed by atoms with Crippen LogP contribution < -0.4 is 0 Å². The third-order valence-corrected chi connectivity index (χ3v) is 9.54. The van der Waals surface area contributed by atoms with Crippen molar-refractivity contribution < 1.29 is 49.0 Å². The number of benzene rings is 2. The number of fused-ring (bicyclic) bond motifs is 3. The Hall–Kier alpha value is -3.02. The quantitative estimate of drug-likeness (QED) is 0.350. The summed E-state index contributed by atoms with van der Waals surface area (Å²) in [5.74, 6) is -3.57. The molecule has 1 aliphatic heterocycles. The Kier molecular flexibility index (Phi) is 6.79. The molecule has 0 amide bonds. The molecule has 5 unspecified atom stereocenters. The lowest BCUT2D eigenvalue weighted by atomic mass is 9.69. The average Bonchev–Trinajstić information content (AvgIpc) is 2.89. The molecule has 2 aromatic carbocycles. The van der Waals surface area contributed by atoms with Crippen LogP contribution in [0.1, 0.15) is 96.0 Å². The lowest BCUT2D eigenvalue weighted by Gasteiger charge is -2.51. The highest BCUT2D eigenvalue weighted by Gasteiger charge is 2.54. The van der Waals surface area contributed by atoms with E-state index in [0.717, 1.165) is 12.1 Å². The van der Waals surface area contributed by atoms with Crippen LogP contribution in [0.3, 0.4) is 0 Å². The number of phenols is 3. The molecule has 0 spiro atoms. The van der Waals surface area contributed by atoms with Crippen molar-refractivity contribution in [3.63, 3.8) is 0 Å². The van der Waals surface area contributed by atoms with Crippen LogP contribution >= 0.6 is 0 Å². The second kappa shape index (κ2) is 9.53. The Morgan fingerprint density at radius 1 is 0.950 bits per heavy atom. The molecule has 40 heavy (non-hydrogen) atoms. The van der Waals surface area contributed by atoms with Gasteiger partial charge in [0, 0.05) is 43.6 Å². The minimum absolute atomic E-state index is 0.0438. The molecule has 4 N–H and O–H groups in total. The predicted octanol–water partition coefficient (Wildman–Crippen LogP) is 3.70. The average molecular weight is 557 g/mol. The molecular weight excluding hydrogens is 520 g/mol. The fourth-order valence-electron chi connectivity index (χ4n) is 6.52. The molecule has 10 nitrogen and oxygen atoms in total. The Bertz CT molecular complexity index is 1400. The first-order chi connectivity index (χ1) is 18.7. The van der Waals surface area contributed by atoms with E-state index >= 15 is 0 Å². The van der Waals surface area contributed by atoms with Gasteiger partial charge < -0.3 is 39.4 Å². The van der Waals surface area contributed by atoms with Gasteiger partial charge in [-0.25, -0.2) is 0 Å². The SMILES string of the molecule is COC1[C@H](OC2C[C@](C)(O)C(C)c3cc4c(c(O)c32)C(=O)c2c(O)ccc(O)c2C4=O)OC(C)[C@H](C)C1(C)OC. The smallest absolute Gasteiger partial charge is 0.202 e. The Morgan fingerprint density at radius 2 is 1.55 bits per heavy atom. The summed E-state index contributed by atoms with van der Waals surface area (Å²) < 4.78 is 24.4. The molecule has 8 atom stereocenters. The van der Waals surface area contributed by atoms with E-state index in [4.69, 9.17) is 18.9 Å². The van der Waals surface area contributed by atoms with E-state index in [2.05, 4.69) is 0 Å². The Labute approximate surface area is 232 Å². The number of methoxy groups -OCH3 is 2. The van der Waals surface area contributed by atoms with Gasteiger partial charge in [-0.15, -0.1) is 0 Å². The number of ether oxygens (including phenoxy) is 4. The first kappa shape index (κ1) is 28.5. The van der Waals surface area contributed by atoms with Crippen molar-refractivity contribution in [2.45, 2.75) is 82.8 Å². The van der Waals surface area contributed by atoms with Gasteiger partial charge in [0.1, 0.15) is 29.0 Å². The van der Waals surface area contributed by atoms with Crippen molar-refractivity contribution in [1.82, 2.24) is 0 Å². The van der Waals surface area contributed by atoms with E-state index in [1.165, 1.54) is 13.2 Å². The molecule has 0 aromatic heterocycles. The van der Waals surface area contributed by atoms with Gasteiger partial charge >= 0.3 is 0 Å². The van der Waals surface area contributed by atoms with Gasteiger partial charge in [-0.3, -0.25) is 9.59 Å². The zero-order valence-electron chi connectivity index (χ0n) is 23.6. The van der Waals surface area contributed by atoms with E-state index in [9.17, 15) is 30.0 Å². The van der Waals surface area contributed by atoms with Gasteiger partial charge in [-0.1, -0.05) is 13.8 Å². The zero-order chi connectivity index (χ0) is 29.5. The van der Waals surface area contributed by atoms with Crippen LogP contribution in [0.4, 0.5) is 0 Å². The number of hydrogen-bond donors (Lipinski definition) is 4. The van der Waals surface area contributed by atoms with Gasteiger partial charge in [0.25, 0.3) is 0 Å². The van der Waals surface area contributed by atoms with E-state index in [0.29, 0.717) is 5.56 Å². The van der Waals surface area contributed by atoms with E-state index < -0.39 is 64.4 Å². The summed E-state index contributed by atoms with van der Waals surface area (Å²) in [4.78, 5) is 27.1. The first-order valence-corrected chi connectivity index (χ1v) is 13.3. The Morgan fingerprint density at radius 3 is 2.12 bits per heavy atom. The number of carbonyl (C=O) groups is 2. The minimum Gasteiger partial charge on any atom is -0.507 e. The van der Waals surface area contributed by atoms with Crippen LogP contribution in [-0.4, -0.2) is 75.9 Å². The molecule has 5 rings (SSSR count). The normalized spacial score (nSPS) is 35.2. The molecule has 3 aliphatic rings. The summed E-state index contributed by atoms with van der Waals surface area (Å²) in [6.45, 7) is 9.19. The van der Waals surface area contributed by atoms with Crippen LogP contribution in [0.5, 0.6) is 17.2 Å². The first-order valence-electron chi connectivity index (χ1n) is 13.3. The number of aliphatic hydroxyl groups is 1. The standard InChI is InChI=1S/C30H36O10/c1-12-14(3)39-28(27(37-6)30(12,5)38-7)40-19-11-29(4,36)13(2)15-10-16-21(25(34)20(15)19)26(35)23-18(32)9-8-17(31)22(23)24(16)33/h8-10,12-14,19,27-28,31-32,34,36H,11H2,1-7H3/t12-,13?,14?,19?,27?,28-,29-,30?/m0/s1. The molecule has 10 heteroatoms. The van der Waals surface area contributed by atoms with Crippen LogP contribution in [0, 0.1) is 5.92 Å². The van der Waals surface area contributed by atoms with E-state index in [-0.39, 0.29) is 46.3 Å². The second-order valence-electron chi connectivity index (χ2n) is 11.6. The fourth-order valence-corrected chi connectivity index (χ4v) is 6.52. The maximum Gasteiger partial charge on any atom is 0.202 e. The lowest BCUT2D eigenvalue weighted by molar-refractivity contribution is -0.330. The number of rotatable bonds is 4. The minimum atomic E-state index is -1.32. The molecule has 216 valence electrons. The summed E-state index contributed by atoms with van der Waals surface area (Å²) in [6.07, 6.45) is -2.84. The van der Waals surface area contributed by atoms with Crippen molar-refractivity contribution >= 4 is 11.6 Å². The molecule has 1 heterocycles. The van der Waals surface area contributed by atoms with Gasteiger partial charge in [0.05, 0.1) is 34.5 Å². The lowest BCUT2D eigenvalue weighted by Crippen LogP contribution is -2.62. The summed E-state index contributed by atoms with van der Waals surface area (Å²) in [7, 11) is 3.11. The summed E-state index contributed by atoms with van der Waals surface area (Å²) >= 11 is 0. The van der Waals surface area contributed by atoms with Crippen molar-refractivity contribution in [3.05, 3.63) is 51.6 Å². The Balaban J connectivity index is 1.66. The fraction of sp³-hybridized carbons (Fsp3) is 0.533. The molecule has 1 saturated heterocycles. The van der Waals surface area contributed by atoms with Crippen molar-refractivity contribution in [2.75, 3.05) is 14.2 Å². The largest absolute Gasteiger partial charge is 0.507 e. The molecule has 2 aliphatic carbocycles. The maximum atomic E-state index is 13.6. The summed E-state index contributed by atoms with van der Waals surface area (Å²) in [5.41, 5.74) is -2.58. The topological polar surface area (TPSA) is 152 Å². The monoisotopic (exact) mass is 556 g/mol. The van der Waals surface area contributed by atoms with Gasteiger partial charge in [-0.05, 0) is 44.5 Å². The predicted molar refractivity (Wildman–Crippen MR) is 142 cm³/mol. The molecule has 0 bridgehead atoms. The molecule has 0 saturated carbocycles. The molecular formula is C30H36O10. The molecule has 1 fully saturated rings. The zero-order valence-corrected chi connectivity index (χ0v) is 23.6. The highest BCUT2D eigenvalue weighted by Crippen LogP contribution is 2.53. The van der Waals surface area contributed by atoms with Crippen molar-refractivity contribution in [3.8, 4) is 17.2 Å². The van der Waals surface area contributed by atoms with Crippen LogP contribution in [-0.2, 0) is 18.9 Å².